The van der Waals surface area contributed by atoms with Crippen molar-refractivity contribution in [1.82, 2.24) is 10.2 Å². The molecule has 1 unspecified atom stereocenters. The van der Waals surface area contributed by atoms with Crippen LogP contribution in [-0.2, 0) is 32.6 Å². The lowest BCUT2D eigenvalue weighted by molar-refractivity contribution is -0.140. The van der Waals surface area contributed by atoms with Crippen molar-refractivity contribution in [3.8, 4) is 0 Å². The first kappa shape index (κ1) is 35.3. The van der Waals surface area contributed by atoms with Gasteiger partial charge in [-0.25, -0.2) is 8.42 Å². The molecule has 7 nitrogen and oxygen atoms in total. The molecular weight excluding hydrogens is 665 g/mol. The molecule has 0 aliphatic rings. The summed E-state index contributed by atoms with van der Waals surface area (Å²) in [7, 11) is -4.23. The third kappa shape index (κ3) is 9.04. The van der Waals surface area contributed by atoms with Crippen LogP contribution in [0.2, 0.25) is 15.1 Å². The molecule has 0 aliphatic heterocycles. The Bertz CT molecular complexity index is 1720. The van der Waals surface area contributed by atoms with Gasteiger partial charge in [-0.05, 0) is 67.4 Å². The lowest BCUT2D eigenvalue weighted by atomic mass is 10.0. The fourth-order valence-corrected chi connectivity index (χ4v) is 6.94. The Hall–Kier alpha value is -3.56. The Morgan fingerprint density at radius 3 is 2.07 bits per heavy atom. The van der Waals surface area contributed by atoms with Gasteiger partial charge in [-0.1, -0.05) is 102 Å². The first-order valence-electron chi connectivity index (χ1n) is 14.9. The lowest BCUT2D eigenvalue weighted by Gasteiger charge is -2.34. The van der Waals surface area contributed by atoms with E-state index in [1.54, 1.807) is 42.5 Å². The van der Waals surface area contributed by atoms with Crippen molar-refractivity contribution in [1.29, 1.82) is 0 Å². The molecule has 0 saturated carbocycles. The molecule has 0 saturated heterocycles. The summed E-state index contributed by atoms with van der Waals surface area (Å²) in [5, 5.41) is 4.00. The van der Waals surface area contributed by atoms with Gasteiger partial charge in [0.15, 0.2) is 0 Å². The van der Waals surface area contributed by atoms with Crippen LogP contribution in [0.1, 0.15) is 36.5 Å². The number of benzene rings is 4. The average Bonchev–Trinajstić information content (AvgIpc) is 3.04. The zero-order valence-corrected chi connectivity index (χ0v) is 28.7. The monoisotopic (exact) mass is 699 g/mol. The van der Waals surface area contributed by atoms with Crippen molar-refractivity contribution in [2.45, 2.75) is 50.6 Å². The zero-order valence-electron chi connectivity index (χ0n) is 25.6. The summed E-state index contributed by atoms with van der Waals surface area (Å²) in [5.74, 6) is -0.985. The van der Waals surface area contributed by atoms with E-state index in [1.807, 2.05) is 44.2 Å². The van der Waals surface area contributed by atoms with Gasteiger partial charge in [0.25, 0.3) is 10.0 Å². The molecule has 0 heterocycles. The van der Waals surface area contributed by atoms with Gasteiger partial charge < -0.3 is 10.2 Å². The van der Waals surface area contributed by atoms with E-state index < -0.39 is 28.5 Å². The van der Waals surface area contributed by atoms with Crippen LogP contribution < -0.4 is 9.62 Å². The summed E-state index contributed by atoms with van der Waals surface area (Å²) >= 11 is 19.3. The first-order chi connectivity index (χ1) is 22.0. The Kier molecular flexibility index (Phi) is 12.5. The number of aryl methyl sites for hydroxylation is 1. The number of anilines is 1. The van der Waals surface area contributed by atoms with Gasteiger partial charge in [0.05, 0.1) is 10.6 Å². The van der Waals surface area contributed by atoms with E-state index in [2.05, 4.69) is 5.32 Å². The van der Waals surface area contributed by atoms with Gasteiger partial charge in [0.2, 0.25) is 11.8 Å². The van der Waals surface area contributed by atoms with E-state index in [0.29, 0.717) is 27.2 Å². The summed E-state index contributed by atoms with van der Waals surface area (Å²) in [4.78, 5) is 29.8. The molecule has 0 aromatic heterocycles. The first-order valence-corrected chi connectivity index (χ1v) is 17.5. The molecule has 0 aliphatic carbocycles. The third-order valence-electron chi connectivity index (χ3n) is 7.49. The van der Waals surface area contributed by atoms with Crippen LogP contribution in [-0.4, -0.2) is 44.3 Å². The largest absolute Gasteiger partial charge is 0.354 e. The number of nitrogens with zero attached hydrogens (tertiary/aromatic N) is 2. The molecule has 0 bridgehead atoms. The molecule has 11 heteroatoms. The summed E-state index contributed by atoms with van der Waals surface area (Å²) < 4.78 is 29.3. The normalized spacial score (nSPS) is 11.9. The van der Waals surface area contributed by atoms with Crippen LogP contribution in [0.15, 0.2) is 102 Å². The van der Waals surface area contributed by atoms with Crippen molar-refractivity contribution in [2.24, 2.45) is 0 Å². The smallest absolute Gasteiger partial charge is 0.264 e. The van der Waals surface area contributed by atoms with Gasteiger partial charge >= 0.3 is 0 Å². The van der Waals surface area contributed by atoms with Crippen LogP contribution in [0.3, 0.4) is 0 Å². The third-order valence-corrected chi connectivity index (χ3v) is 10.2. The standard InChI is InChI=1S/C35H36Cl3N3O4S/c1-3-4-21-39-35(43)33(22-26-9-6-5-7-10-26)40(23-30-31(37)11-8-12-32(30)38)34(42)24-41(28-17-15-27(36)16-18-28)46(44,45)29-19-13-25(2)14-20-29/h5-20,33H,3-4,21-24H2,1-2H3,(H,39,43). The van der Waals surface area contributed by atoms with E-state index in [9.17, 15) is 18.0 Å². The number of unbranched alkanes of at least 4 members (excludes halogenated alkanes) is 1. The van der Waals surface area contributed by atoms with Crippen molar-refractivity contribution >= 4 is 62.3 Å². The number of amides is 2. The minimum Gasteiger partial charge on any atom is -0.354 e. The number of hydrogen-bond donors (Lipinski definition) is 1. The van der Waals surface area contributed by atoms with Gasteiger partial charge in [-0.3, -0.25) is 13.9 Å². The number of nitrogens with one attached hydrogen (secondary N) is 1. The maximum Gasteiger partial charge on any atom is 0.264 e. The summed E-state index contributed by atoms with van der Waals surface area (Å²) in [6.07, 6.45) is 1.81. The van der Waals surface area contributed by atoms with Crippen molar-refractivity contribution in [3.05, 3.63) is 129 Å². The fourth-order valence-electron chi connectivity index (χ4n) is 4.89. The van der Waals surface area contributed by atoms with Gasteiger partial charge in [-0.2, -0.15) is 0 Å². The van der Waals surface area contributed by atoms with E-state index in [0.717, 1.165) is 28.3 Å². The highest BCUT2D eigenvalue weighted by atomic mass is 35.5. The van der Waals surface area contributed by atoms with Gasteiger partial charge in [-0.15, -0.1) is 0 Å². The maximum absolute atomic E-state index is 14.5. The number of hydrogen-bond acceptors (Lipinski definition) is 4. The molecule has 2 amide bonds. The quantitative estimate of drug-likeness (QED) is 0.137. The van der Waals surface area contributed by atoms with Crippen LogP contribution >= 0.6 is 34.8 Å². The number of carbonyl (C=O) groups is 2. The predicted octanol–water partition coefficient (Wildman–Crippen LogP) is 7.71. The van der Waals surface area contributed by atoms with Gasteiger partial charge in [0.1, 0.15) is 12.6 Å². The topological polar surface area (TPSA) is 86.8 Å². The number of carbonyl (C=O) groups excluding carboxylic acids is 2. The van der Waals surface area contributed by atoms with E-state index >= 15 is 0 Å². The molecule has 0 radical (unpaired) electrons. The van der Waals surface area contributed by atoms with E-state index in [4.69, 9.17) is 34.8 Å². The second-order valence-electron chi connectivity index (χ2n) is 10.9. The Morgan fingerprint density at radius 2 is 1.46 bits per heavy atom. The SMILES string of the molecule is CCCCNC(=O)C(Cc1ccccc1)N(Cc1c(Cl)cccc1Cl)C(=O)CN(c1ccc(Cl)cc1)S(=O)(=O)c1ccc(C)cc1. The molecule has 4 aromatic carbocycles. The van der Waals surface area contributed by atoms with Crippen LogP contribution in [0.5, 0.6) is 0 Å². The van der Waals surface area contributed by atoms with Crippen molar-refractivity contribution < 1.29 is 18.0 Å². The molecule has 4 aromatic rings. The molecule has 242 valence electrons. The summed E-state index contributed by atoms with van der Waals surface area (Å²) in [6.45, 7) is 3.56. The highest BCUT2D eigenvalue weighted by Crippen LogP contribution is 2.29. The lowest BCUT2D eigenvalue weighted by Crippen LogP contribution is -2.53. The average molecular weight is 701 g/mol. The van der Waals surface area contributed by atoms with Crippen LogP contribution in [0, 0.1) is 6.92 Å². The van der Waals surface area contributed by atoms with E-state index in [1.165, 1.54) is 29.2 Å². The molecule has 1 N–H and O–H groups in total. The Labute approximate surface area is 286 Å². The second-order valence-corrected chi connectivity index (χ2v) is 14.0. The molecular formula is C35H36Cl3N3O4S. The highest BCUT2D eigenvalue weighted by molar-refractivity contribution is 7.92. The summed E-state index contributed by atoms with van der Waals surface area (Å²) in [6, 6.07) is 25.9. The van der Waals surface area contributed by atoms with Gasteiger partial charge in [0, 0.05) is 40.1 Å². The van der Waals surface area contributed by atoms with Crippen molar-refractivity contribution in [3.63, 3.8) is 0 Å². The van der Waals surface area contributed by atoms with Crippen LogP contribution in [0.25, 0.3) is 0 Å². The molecule has 4 rings (SSSR count). The molecule has 1 atom stereocenters. The highest BCUT2D eigenvalue weighted by Gasteiger charge is 2.35. The Morgan fingerprint density at radius 1 is 0.826 bits per heavy atom. The van der Waals surface area contributed by atoms with E-state index in [-0.39, 0.29) is 29.5 Å². The zero-order chi connectivity index (χ0) is 33.3. The van der Waals surface area contributed by atoms with Crippen molar-refractivity contribution in [2.75, 3.05) is 17.4 Å². The summed E-state index contributed by atoms with van der Waals surface area (Å²) in [5.41, 5.74) is 2.39. The predicted molar refractivity (Wildman–Crippen MR) is 186 cm³/mol. The molecule has 0 fully saturated rings. The molecule has 46 heavy (non-hydrogen) atoms. The molecule has 0 spiro atoms. The number of halogens is 3. The Balaban J connectivity index is 1.82. The van der Waals surface area contributed by atoms with Crippen LogP contribution in [0.4, 0.5) is 5.69 Å². The second kappa shape index (κ2) is 16.3. The minimum atomic E-state index is -4.23. The maximum atomic E-state index is 14.5. The minimum absolute atomic E-state index is 0.0136. The number of rotatable bonds is 14. The fraction of sp³-hybridized carbons (Fsp3) is 0.257. The number of sulfonamides is 1.